The SMILES string of the molecule is COC(=O)C(C)SCC1C(=O)c2ccccc2C1C(=O)O. The summed E-state index contributed by atoms with van der Waals surface area (Å²) in [6, 6.07) is 6.79. The van der Waals surface area contributed by atoms with Crippen LogP contribution in [0.15, 0.2) is 24.3 Å². The van der Waals surface area contributed by atoms with E-state index in [0.29, 0.717) is 11.1 Å². The number of ketones is 1. The first-order chi connectivity index (χ1) is 9.97. The highest BCUT2D eigenvalue weighted by Crippen LogP contribution is 2.40. The zero-order valence-electron chi connectivity index (χ0n) is 11.7. The molecule has 1 aromatic rings. The molecule has 0 radical (unpaired) electrons. The number of carboxylic acids is 1. The first-order valence-electron chi connectivity index (χ1n) is 6.52. The number of hydrogen-bond donors (Lipinski definition) is 1. The number of carbonyl (C=O) groups excluding carboxylic acids is 2. The quantitative estimate of drug-likeness (QED) is 0.838. The minimum absolute atomic E-state index is 0.164. The fourth-order valence-electron chi connectivity index (χ4n) is 2.52. The molecule has 112 valence electrons. The van der Waals surface area contributed by atoms with Gasteiger partial charge < -0.3 is 9.84 Å². The van der Waals surface area contributed by atoms with E-state index in [-0.39, 0.29) is 17.5 Å². The maximum atomic E-state index is 12.4. The van der Waals surface area contributed by atoms with Crippen molar-refractivity contribution in [1.82, 2.24) is 0 Å². The van der Waals surface area contributed by atoms with E-state index in [1.165, 1.54) is 18.9 Å². The van der Waals surface area contributed by atoms with Gasteiger partial charge in [-0.3, -0.25) is 14.4 Å². The van der Waals surface area contributed by atoms with Crippen molar-refractivity contribution in [2.45, 2.75) is 18.1 Å². The number of esters is 1. The third kappa shape index (κ3) is 2.95. The molecule has 0 saturated carbocycles. The summed E-state index contributed by atoms with van der Waals surface area (Å²) < 4.78 is 4.63. The van der Waals surface area contributed by atoms with Crippen LogP contribution >= 0.6 is 11.8 Å². The number of aliphatic carboxylic acids is 1. The summed E-state index contributed by atoms with van der Waals surface area (Å²) in [7, 11) is 1.30. The van der Waals surface area contributed by atoms with Crippen molar-refractivity contribution in [3.8, 4) is 0 Å². The molecule has 0 aliphatic heterocycles. The van der Waals surface area contributed by atoms with Crippen LogP contribution in [0.5, 0.6) is 0 Å². The molecule has 0 bridgehead atoms. The largest absolute Gasteiger partial charge is 0.481 e. The Labute approximate surface area is 126 Å². The van der Waals surface area contributed by atoms with Crippen LogP contribution in [0.25, 0.3) is 0 Å². The molecule has 0 amide bonds. The molecular formula is C15H16O5S. The summed E-state index contributed by atoms with van der Waals surface area (Å²) in [5, 5.41) is 8.99. The monoisotopic (exact) mass is 308 g/mol. The van der Waals surface area contributed by atoms with Crippen LogP contribution in [0.3, 0.4) is 0 Å². The first kappa shape index (κ1) is 15.6. The molecule has 3 unspecified atom stereocenters. The van der Waals surface area contributed by atoms with Gasteiger partial charge >= 0.3 is 11.9 Å². The zero-order valence-corrected chi connectivity index (χ0v) is 12.6. The number of fused-ring (bicyclic) bond motifs is 1. The lowest BCUT2D eigenvalue weighted by atomic mass is 9.94. The van der Waals surface area contributed by atoms with Crippen molar-refractivity contribution < 1.29 is 24.2 Å². The minimum atomic E-state index is -1.01. The van der Waals surface area contributed by atoms with E-state index in [0.717, 1.165) is 0 Å². The van der Waals surface area contributed by atoms with Crippen molar-refractivity contribution in [3.05, 3.63) is 35.4 Å². The van der Waals surface area contributed by atoms with Gasteiger partial charge in [0.05, 0.1) is 18.3 Å². The average Bonchev–Trinajstić information content (AvgIpc) is 2.77. The van der Waals surface area contributed by atoms with Crippen molar-refractivity contribution in [3.63, 3.8) is 0 Å². The van der Waals surface area contributed by atoms with E-state index in [4.69, 9.17) is 0 Å². The van der Waals surface area contributed by atoms with Crippen molar-refractivity contribution in [2.75, 3.05) is 12.9 Å². The number of thioether (sulfide) groups is 1. The lowest BCUT2D eigenvalue weighted by Gasteiger charge is -2.16. The lowest BCUT2D eigenvalue weighted by molar-refractivity contribution is -0.140. The summed E-state index contributed by atoms with van der Waals surface area (Å²) in [5.74, 6) is -2.76. The second-order valence-corrected chi connectivity index (χ2v) is 6.25. The number of rotatable bonds is 5. The van der Waals surface area contributed by atoms with Gasteiger partial charge in [-0.1, -0.05) is 24.3 Å². The Morgan fingerprint density at radius 1 is 1.38 bits per heavy atom. The van der Waals surface area contributed by atoms with Gasteiger partial charge in [0.15, 0.2) is 5.78 Å². The van der Waals surface area contributed by atoms with Crippen molar-refractivity contribution in [2.24, 2.45) is 5.92 Å². The Kier molecular flexibility index (Phi) is 4.67. The van der Waals surface area contributed by atoms with Crippen LogP contribution in [-0.4, -0.2) is 40.9 Å². The molecule has 6 heteroatoms. The third-order valence-corrected chi connectivity index (χ3v) is 4.87. The highest BCUT2D eigenvalue weighted by molar-refractivity contribution is 8.00. The summed E-state index contributed by atoms with van der Waals surface area (Å²) in [4.78, 5) is 35.3. The number of ether oxygens (including phenoxy) is 1. The van der Waals surface area contributed by atoms with Gasteiger partial charge in [0.25, 0.3) is 0 Å². The summed E-state index contributed by atoms with van der Waals surface area (Å²) in [6.07, 6.45) is 0. The molecular weight excluding hydrogens is 292 g/mol. The van der Waals surface area contributed by atoms with Crippen LogP contribution < -0.4 is 0 Å². The van der Waals surface area contributed by atoms with Crippen LogP contribution in [0.2, 0.25) is 0 Å². The van der Waals surface area contributed by atoms with Crippen LogP contribution in [0.4, 0.5) is 0 Å². The molecule has 0 spiro atoms. The van der Waals surface area contributed by atoms with Gasteiger partial charge in [0.1, 0.15) is 0 Å². The maximum Gasteiger partial charge on any atom is 0.318 e. The fourth-order valence-corrected chi connectivity index (χ4v) is 3.59. The van der Waals surface area contributed by atoms with Crippen LogP contribution in [-0.2, 0) is 14.3 Å². The van der Waals surface area contributed by atoms with Gasteiger partial charge in [-0.25, -0.2) is 0 Å². The van der Waals surface area contributed by atoms with E-state index >= 15 is 0 Å². The Hall–Kier alpha value is -1.82. The first-order valence-corrected chi connectivity index (χ1v) is 7.57. The average molecular weight is 308 g/mol. The number of methoxy groups -OCH3 is 1. The number of carbonyl (C=O) groups is 3. The van der Waals surface area contributed by atoms with Gasteiger partial charge in [-0.15, -0.1) is 11.8 Å². The Morgan fingerprint density at radius 3 is 2.67 bits per heavy atom. The predicted molar refractivity (Wildman–Crippen MR) is 78.6 cm³/mol. The molecule has 0 fully saturated rings. The van der Waals surface area contributed by atoms with E-state index in [1.54, 1.807) is 31.2 Å². The highest BCUT2D eigenvalue weighted by atomic mass is 32.2. The minimum Gasteiger partial charge on any atom is -0.481 e. The van der Waals surface area contributed by atoms with E-state index in [9.17, 15) is 19.5 Å². The Bertz CT molecular complexity index is 583. The summed E-state index contributed by atoms with van der Waals surface area (Å²) >= 11 is 1.24. The van der Waals surface area contributed by atoms with E-state index < -0.39 is 23.1 Å². The maximum absolute atomic E-state index is 12.4. The van der Waals surface area contributed by atoms with E-state index in [2.05, 4.69) is 4.74 Å². The van der Waals surface area contributed by atoms with Crippen molar-refractivity contribution >= 4 is 29.5 Å². The molecule has 5 nitrogen and oxygen atoms in total. The second-order valence-electron chi connectivity index (χ2n) is 4.87. The number of benzene rings is 1. The number of Topliss-reactive ketones (excluding diaryl/α,β-unsaturated/α-hetero) is 1. The van der Waals surface area contributed by atoms with Gasteiger partial charge in [0, 0.05) is 17.2 Å². The molecule has 0 heterocycles. The highest BCUT2D eigenvalue weighted by Gasteiger charge is 2.43. The Morgan fingerprint density at radius 2 is 2.05 bits per heavy atom. The molecule has 1 aromatic carbocycles. The predicted octanol–water partition coefficient (Wildman–Crippen LogP) is 1.96. The van der Waals surface area contributed by atoms with Crippen LogP contribution in [0.1, 0.15) is 28.8 Å². The lowest BCUT2D eigenvalue weighted by Crippen LogP contribution is -2.25. The molecule has 2 rings (SSSR count). The topological polar surface area (TPSA) is 80.7 Å². The third-order valence-electron chi connectivity index (χ3n) is 3.63. The van der Waals surface area contributed by atoms with E-state index in [1.807, 2.05) is 0 Å². The van der Waals surface area contributed by atoms with Crippen molar-refractivity contribution in [1.29, 1.82) is 0 Å². The summed E-state index contributed by atoms with van der Waals surface area (Å²) in [6.45, 7) is 1.68. The second kappa shape index (κ2) is 6.30. The van der Waals surface area contributed by atoms with Gasteiger partial charge in [-0.2, -0.15) is 0 Å². The van der Waals surface area contributed by atoms with Gasteiger partial charge in [-0.05, 0) is 12.5 Å². The molecule has 1 aliphatic rings. The Balaban J connectivity index is 2.18. The molecule has 1 N–H and O–H groups in total. The van der Waals surface area contributed by atoms with Crippen LogP contribution in [0, 0.1) is 5.92 Å². The number of hydrogen-bond acceptors (Lipinski definition) is 5. The molecule has 0 saturated heterocycles. The summed E-state index contributed by atoms with van der Waals surface area (Å²) in [5.41, 5.74) is 1.03. The number of carboxylic acid groups (broad SMARTS) is 1. The zero-order chi connectivity index (χ0) is 15.6. The molecule has 3 atom stereocenters. The molecule has 21 heavy (non-hydrogen) atoms. The fraction of sp³-hybridized carbons (Fsp3) is 0.400. The normalized spacial score (nSPS) is 21.7. The molecule has 1 aliphatic carbocycles. The standard InChI is InChI=1S/C15H16O5S/c1-8(15(19)20-2)21-7-11-12(14(17)18)9-5-3-4-6-10(9)13(11)16/h3-6,8,11-12H,7H2,1-2H3,(H,17,18). The smallest absolute Gasteiger partial charge is 0.318 e. The molecule has 0 aromatic heterocycles. The van der Waals surface area contributed by atoms with Gasteiger partial charge in [0.2, 0.25) is 0 Å².